The van der Waals surface area contributed by atoms with Crippen LogP contribution in [0.3, 0.4) is 0 Å². The van der Waals surface area contributed by atoms with Crippen molar-refractivity contribution >= 4 is 11.3 Å². The van der Waals surface area contributed by atoms with Crippen molar-refractivity contribution in [1.29, 1.82) is 0 Å². The van der Waals surface area contributed by atoms with Gasteiger partial charge in [-0.3, -0.25) is 0 Å². The fourth-order valence-corrected chi connectivity index (χ4v) is 9.53. The zero-order valence-electron chi connectivity index (χ0n) is 24.5. The van der Waals surface area contributed by atoms with Gasteiger partial charge in [-0.05, 0) is 91.6 Å². The first-order valence-corrected chi connectivity index (χ1v) is 16.1. The van der Waals surface area contributed by atoms with E-state index in [-0.39, 0.29) is 16.2 Å². The molecule has 5 rings (SSSR count). The topological polar surface area (TPSA) is 73.6 Å². The van der Waals surface area contributed by atoms with E-state index >= 15 is 0 Å². The predicted octanol–water partition coefficient (Wildman–Crippen LogP) is 7.21. The maximum Gasteiger partial charge on any atom is 0.102 e. The van der Waals surface area contributed by atoms with E-state index in [1.807, 2.05) is 6.20 Å². The van der Waals surface area contributed by atoms with Gasteiger partial charge in [0.25, 0.3) is 0 Å². The van der Waals surface area contributed by atoms with Gasteiger partial charge in [0.15, 0.2) is 0 Å². The third-order valence-electron chi connectivity index (χ3n) is 10.7. The minimum atomic E-state index is -0.641. The zero-order chi connectivity index (χ0) is 28.0. The molecule has 4 aliphatic rings. The van der Waals surface area contributed by atoms with E-state index in [0.29, 0.717) is 24.7 Å². The summed E-state index contributed by atoms with van der Waals surface area (Å²) in [5, 5.41) is 32.9. The molecule has 0 radical (unpaired) electrons. The Bertz CT molecular complexity index is 1150. The summed E-state index contributed by atoms with van der Waals surface area (Å²) in [6.07, 6.45) is 20.4. The summed E-state index contributed by atoms with van der Waals surface area (Å²) in [5.74, 6) is 1.11. The standard InChI is InChI=1S/C34H49NO3S/c1-6-8-26-21-35-31(39-26)34(17-18-34)30(38)14-16-32(3,4)29-13-12-27-23(9-7-15-33(27,29)5)10-11-24-19-25(36)20-28(37)22(24)2/h10-11,14,16,21,25,27-30,36-38H,2,6-9,12-13,15,17-20H2,1,3-5H3/t25-,27+,28+,29-,30+,33+/m1/s1. The van der Waals surface area contributed by atoms with E-state index < -0.39 is 18.3 Å². The van der Waals surface area contributed by atoms with Crippen LogP contribution >= 0.6 is 11.3 Å². The third-order valence-corrected chi connectivity index (χ3v) is 11.9. The second-order valence-corrected chi connectivity index (χ2v) is 14.9. The third kappa shape index (κ3) is 5.54. The second kappa shape index (κ2) is 11.0. The Hall–Kier alpha value is -1.53. The number of thiazole rings is 1. The molecule has 0 saturated heterocycles. The molecule has 5 heteroatoms. The number of rotatable bonds is 8. The van der Waals surface area contributed by atoms with E-state index in [0.717, 1.165) is 48.3 Å². The summed E-state index contributed by atoms with van der Waals surface area (Å²) in [6, 6.07) is 0. The molecule has 0 spiro atoms. The summed E-state index contributed by atoms with van der Waals surface area (Å²) in [5.41, 5.74) is 3.31. The molecule has 4 nitrogen and oxygen atoms in total. The first-order valence-electron chi connectivity index (χ1n) is 15.3. The van der Waals surface area contributed by atoms with Crippen LogP contribution in [0.4, 0.5) is 0 Å². The number of hydrogen-bond acceptors (Lipinski definition) is 5. The molecule has 4 saturated carbocycles. The van der Waals surface area contributed by atoms with Crippen LogP contribution in [0.5, 0.6) is 0 Å². The highest BCUT2D eigenvalue weighted by molar-refractivity contribution is 7.11. The number of aryl methyl sites for hydroxylation is 1. The number of fused-ring (bicyclic) bond motifs is 1. The van der Waals surface area contributed by atoms with Gasteiger partial charge >= 0.3 is 0 Å². The molecular formula is C34H49NO3S. The van der Waals surface area contributed by atoms with Crippen molar-refractivity contribution in [2.75, 3.05) is 0 Å². The number of aliphatic hydroxyl groups excluding tert-OH is 3. The van der Waals surface area contributed by atoms with Crippen LogP contribution < -0.4 is 0 Å². The normalized spacial score (nSPS) is 35.6. The molecule has 39 heavy (non-hydrogen) atoms. The van der Waals surface area contributed by atoms with Gasteiger partial charge < -0.3 is 15.3 Å². The van der Waals surface area contributed by atoms with Crippen LogP contribution in [-0.2, 0) is 11.8 Å². The van der Waals surface area contributed by atoms with Crippen molar-refractivity contribution in [1.82, 2.24) is 4.98 Å². The van der Waals surface area contributed by atoms with Crippen LogP contribution in [0.15, 0.2) is 53.8 Å². The Balaban J connectivity index is 1.31. The SMILES string of the molecule is C=C1C(=CC=C2CCC[C@]3(C)[C@@H](C(C)(C)C=C[C@H](O)C4(c5ncc(CCC)s5)CC4)CC[C@@H]23)C[C@@H](O)C[C@@H]1O. The smallest absolute Gasteiger partial charge is 0.102 e. The van der Waals surface area contributed by atoms with E-state index in [4.69, 9.17) is 4.98 Å². The molecule has 1 aromatic heterocycles. The lowest BCUT2D eigenvalue weighted by Gasteiger charge is -2.47. The molecule has 0 unspecified atom stereocenters. The quantitative estimate of drug-likeness (QED) is 0.299. The van der Waals surface area contributed by atoms with Crippen molar-refractivity contribution in [3.05, 3.63) is 63.7 Å². The lowest BCUT2D eigenvalue weighted by molar-refractivity contribution is 0.0706. The molecule has 4 fully saturated rings. The number of nitrogens with zero attached hydrogens (tertiary/aromatic N) is 1. The van der Waals surface area contributed by atoms with Crippen molar-refractivity contribution in [2.45, 2.75) is 122 Å². The monoisotopic (exact) mass is 551 g/mol. The average Bonchev–Trinajstić information content (AvgIpc) is 3.41. The van der Waals surface area contributed by atoms with Crippen LogP contribution in [0.1, 0.15) is 102 Å². The van der Waals surface area contributed by atoms with Gasteiger partial charge in [-0.15, -0.1) is 11.3 Å². The lowest BCUT2D eigenvalue weighted by Crippen LogP contribution is -2.39. The highest BCUT2D eigenvalue weighted by Crippen LogP contribution is 2.62. The number of hydrogen-bond donors (Lipinski definition) is 3. The Kier molecular flexibility index (Phi) is 8.20. The van der Waals surface area contributed by atoms with Gasteiger partial charge in [0.05, 0.1) is 23.7 Å². The Morgan fingerprint density at radius 1 is 1.21 bits per heavy atom. The molecule has 1 heterocycles. The highest BCUT2D eigenvalue weighted by atomic mass is 32.1. The predicted molar refractivity (Wildman–Crippen MR) is 161 cm³/mol. The molecule has 214 valence electrons. The molecule has 0 amide bonds. The van der Waals surface area contributed by atoms with E-state index in [9.17, 15) is 15.3 Å². The highest BCUT2D eigenvalue weighted by Gasteiger charge is 2.54. The lowest BCUT2D eigenvalue weighted by atomic mass is 9.57. The molecule has 0 aliphatic heterocycles. The minimum absolute atomic E-state index is 0.0103. The van der Waals surface area contributed by atoms with Crippen LogP contribution in [0, 0.1) is 22.7 Å². The van der Waals surface area contributed by atoms with Crippen molar-refractivity contribution in [3.63, 3.8) is 0 Å². The van der Waals surface area contributed by atoms with Gasteiger partial charge in [-0.1, -0.05) is 70.6 Å². The fourth-order valence-electron chi connectivity index (χ4n) is 8.24. The molecule has 6 atom stereocenters. The fraction of sp³-hybridized carbons (Fsp3) is 0.676. The Morgan fingerprint density at radius 2 is 1.97 bits per heavy atom. The van der Waals surface area contributed by atoms with E-state index in [1.165, 1.54) is 36.1 Å². The van der Waals surface area contributed by atoms with Crippen LogP contribution in [-0.4, -0.2) is 38.6 Å². The molecular weight excluding hydrogens is 502 g/mol. The van der Waals surface area contributed by atoms with Gasteiger partial charge in [0.2, 0.25) is 0 Å². The summed E-state index contributed by atoms with van der Waals surface area (Å²) >= 11 is 1.79. The van der Waals surface area contributed by atoms with E-state index in [2.05, 4.69) is 58.6 Å². The van der Waals surface area contributed by atoms with Crippen molar-refractivity contribution < 1.29 is 15.3 Å². The zero-order valence-corrected chi connectivity index (χ0v) is 25.3. The first-order chi connectivity index (χ1) is 18.5. The molecule has 3 N–H and O–H groups in total. The second-order valence-electron chi connectivity index (χ2n) is 13.8. The van der Waals surface area contributed by atoms with Gasteiger partial charge in [0, 0.05) is 17.5 Å². The van der Waals surface area contributed by atoms with E-state index in [1.54, 1.807) is 11.3 Å². The molecule has 4 aliphatic carbocycles. The first kappa shape index (κ1) is 29.0. The Labute approximate surface area is 239 Å². The summed E-state index contributed by atoms with van der Waals surface area (Å²) in [4.78, 5) is 6.06. The summed E-state index contributed by atoms with van der Waals surface area (Å²) < 4.78 is 0. The average molecular weight is 552 g/mol. The maximum atomic E-state index is 11.4. The molecule has 1 aromatic rings. The number of aliphatic hydroxyl groups is 3. The van der Waals surface area contributed by atoms with Crippen molar-refractivity contribution in [3.8, 4) is 0 Å². The van der Waals surface area contributed by atoms with Crippen LogP contribution in [0.2, 0.25) is 0 Å². The number of aromatic nitrogens is 1. The Morgan fingerprint density at radius 3 is 2.69 bits per heavy atom. The summed E-state index contributed by atoms with van der Waals surface area (Å²) in [6.45, 7) is 13.5. The van der Waals surface area contributed by atoms with Crippen LogP contribution in [0.25, 0.3) is 0 Å². The minimum Gasteiger partial charge on any atom is -0.393 e. The van der Waals surface area contributed by atoms with Gasteiger partial charge in [-0.25, -0.2) is 4.98 Å². The van der Waals surface area contributed by atoms with Crippen molar-refractivity contribution in [2.24, 2.45) is 22.7 Å². The number of allylic oxidation sites excluding steroid dienone is 4. The van der Waals surface area contributed by atoms with Gasteiger partial charge in [0.1, 0.15) is 5.01 Å². The summed E-state index contributed by atoms with van der Waals surface area (Å²) in [7, 11) is 0. The molecule has 0 bridgehead atoms. The van der Waals surface area contributed by atoms with Gasteiger partial charge in [-0.2, -0.15) is 0 Å². The maximum absolute atomic E-state index is 11.4. The molecule has 0 aromatic carbocycles. The largest absolute Gasteiger partial charge is 0.393 e.